The molecule has 1 heterocycles. The summed E-state index contributed by atoms with van der Waals surface area (Å²) >= 11 is 0. The van der Waals surface area contributed by atoms with Crippen molar-refractivity contribution in [1.29, 1.82) is 0 Å². The van der Waals surface area contributed by atoms with E-state index in [0.29, 0.717) is 13.2 Å². The van der Waals surface area contributed by atoms with Crippen LogP contribution in [0.15, 0.2) is 0 Å². The highest BCUT2D eigenvalue weighted by Gasteiger charge is 2.21. The number of methoxy groups -OCH3 is 1. The summed E-state index contributed by atoms with van der Waals surface area (Å²) in [4.78, 5) is 17.7. The zero-order valence-electron chi connectivity index (χ0n) is 9.90. The van der Waals surface area contributed by atoms with E-state index in [2.05, 4.69) is 11.9 Å². The fourth-order valence-electron chi connectivity index (χ4n) is 1.56. The molecule has 0 bridgehead atoms. The van der Waals surface area contributed by atoms with E-state index in [9.17, 15) is 4.79 Å². The zero-order chi connectivity index (χ0) is 11.3. The van der Waals surface area contributed by atoms with E-state index in [1.165, 1.54) is 0 Å². The van der Waals surface area contributed by atoms with Gasteiger partial charge in [-0.1, -0.05) is 0 Å². The molecule has 1 aliphatic heterocycles. The molecule has 0 aromatic rings. The molecule has 88 valence electrons. The minimum Gasteiger partial charge on any atom is -0.383 e. The van der Waals surface area contributed by atoms with Crippen molar-refractivity contribution < 1.29 is 9.53 Å². The standard InChI is InChI=1S/C10H21N3O2/c1-11-4-6-13(7-5-11)10(14)12(2)8-9-15-3/h4-9H2,1-3H3. The van der Waals surface area contributed by atoms with Crippen LogP contribution in [0.25, 0.3) is 0 Å². The molecule has 1 aliphatic rings. The van der Waals surface area contributed by atoms with E-state index >= 15 is 0 Å². The molecule has 2 amide bonds. The van der Waals surface area contributed by atoms with E-state index in [-0.39, 0.29) is 6.03 Å². The van der Waals surface area contributed by atoms with Crippen molar-refractivity contribution >= 4 is 6.03 Å². The van der Waals surface area contributed by atoms with E-state index < -0.39 is 0 Å². The molecule has 0 N–H and O–H groups in total. The molecule has 15 heavy (non-hydrogen) atoms. The van der Waals surface area contributed by atoms with Gasteiger partial charge in [0.1, 0.15) is 0 Å². The van der Waals surface area contributed by atoms with Crippen molar-refractivity contribution in [3.8, 4) is 0 Å². The van der Waals surface area contributed by atoms with Gasteiger partial charge in [0.15, 0.2) is 0 Å². The molecule has 5 heteroatoms. The SMILES string of the molecule is COCCN(C)C(=O)N1CCN(C)CC1. The first-order valence-corrected chi connectivity index (χ1v) is 5.32. The molecule has 1 fully saturated rings. The maximum atomic E-state index is 11.9. The number of rotatable bonds is 3. The van der Waals surface area contributed by atoms with Crippen LogP contribution in [0.1, 0.15) is 0 Å². The Morgan fingerprint density at radius 1 is 1.33 bits per heavy atom. The summed E-state index contributed by atoms with van der Waals surface area (Å²) < 4.78 is 4.95. The van der Waals surface area contributed by atoms with Gasteiger partial charge in [0.2, 0.25) is 0 Å². The largest absolute Gasteiger partial charge is 0.383 e. The molecule has 0 aromatic heterocycles. The van der Waals surface area contributed by atoms with Gasteiger partial charge in [-0.15, -0.1) is 0 Å². The summed E-state index contributed by atoms with van der Waals surface area (Å²) in [6.07, 6.45) is 0. The highest BCUT2D eigenvalue weighted by Crippen LogP contribution is 2.02. The Morgan fingerprint density at radius 2 is 1.93 bits per heavy atom. The number of urea groups is 1. The quantitative estimate of drug-likeness (QED) is 0.661. The van der Waals surface area contributed by atoms with Gasteiger partial charge >= 0.3 is 6.03 Å². The molecular weight excluding hydrogens is 194 g/mol. The summed E-state index contributed by atoms with van der Waals surface area (Å²) in [6.45, 7) is 4.82. The molecule has 0 saturated carbocycles. The van der Waals surface area contributed by atoms with Crippen LogP contribution in [-0.2, 0) is 4.74 Å². The van der Waals surface area contributed by atoms with Crippen molar-refractivity contribution in [3.63, 3.8) is 0 Å². The average molecular weight is 215 g/mol. The second-order valence-electron chi connectivity index (χ2n) is 3.99. The van der Waals surface area contributed by atoms with Crippen LogP contribution in [0, 0.1) is 0 Å². The van der Waals surface area contributed by atoms with Gasteiger partial charge in [-0.2, -0.15) is 0 Å². The molecule has 0 aliphatic carbocycles. The lowest BCUT2D eigenvalue weighted by Gasteiger charge is -2.34. The smallest absolute Gasteiger partial charge is 0.319 e. The minimum absolute atomic E-state index is 0.111. The number of hydrogen-bond acceptors (Lipinski definition) is 3. The van der Waals surface area contributed by atoms with Crippen molar-refractivity contribution in [2.24, 2.45) is 0 Å². The Balaban J connectivity index is 2.32. The summed E-state index contributed by atoms with van der Waals surface area (Å²) in [5.74, 6) is 0. The van der Waals surface area contributed by atoms with Crippen LogP contribution in [0.5, 0.6) is 0 Å². The summed E-state index contributed by atoms with van der Waals surface area (Å²) in [7, 11) is 5.55. The maximum absolute atomic E-state index is 11.9. The Bertz CT molecular complexity index is 203. The molecule has 0 spiro atoms. The van der Waals surface area contributed by atoms with E-state index in [0.717, 1.165) is 26.2 Å². The topological polar surface area (TPSA) is 36.0 Å². The first kappa shape index (κ1) is 12.3. The van der Waals surface area contributed by atoms with Gasteiger partial charge in [-0.05, 0) is 7.05 Å². The molecule has 0 atom stereocenters. The highest BCUT2D eigenvalue weighted by molar-refractivity contribution is 5.74. The Labute approximate surface area is 91.6 Å². The van der Waals surface area contributed by atoms with Crippen LogP contribution in [0.4, 0.5) is 4.79 Å². The summed E-state index contributed by atoms with van der Waals surface area (Å²) in [6, 6.07) is 0.111. The lowest BCUT2D eigenvalue weighted by atomic mass is 10.3. The van der Waals surface area contributed by atoms with E-state index in [4.69, 9.17) is 4.74 Å². The van der Waals surface area contributed by atoms with Crippen molar-refractivity contribution in [2.45, 2.75) is 0 Å². The van der Waals surface area contributed by atoms with Crippen molar-refractivity contribution in [1.82, 2.24) is 14.7 Å². The van der Waals surface area contributed by atoms with Gasteiger partial charge in [-0.25, -0.2) is 4.79 Å². The first-order valence-electron chi connectivity index (χ1n) is 5.32. The predicted octanol–water partition coefficient (Wildman–Crippen LogP) is -0.0680. The van der Waals surface area contributed by atoms with Crippen LogP contribution in [-0.4, -0.2) is 81.3 Å². The fourth-order valence-corrected chi connectivity index (χ4v) is 1.56. The average Bonchev–Trinajstić information content (AvgIpc) is 2.26. The Hall–Kier alpha value is -0.810. The number of hydrogen-bond donors (Lipinski definition) is 0. The molecule has 0 unspecified atom stereocenters. The van der Waals surface area contributed by atoms with Gasteiger partial charge in [0, 0.05) is 46.9 Å². The Morgan fingerprint density at radius 3 is 2.47 bits per heavy atom. The third-order valence-corrected chi connectivity index (χ3v) is 2.73. The number of carbonyl (C=O) groups excluding carboxylic acids is 1. The van der Waals surface area contributed by atoms with Crippen molar-refractivity contribution in [2.75, 3.05) is 60.5 Å². The third-order valence-electron chi connectivity index (χ3n) is 2.73. The number of likely N-dealkylation sites (N-methyl/N-ethyl adjacent to an activating group) is 2. The fraction of sp³-hybridized carbons (Fsp3) is 0.900. The number of ether oxygens (including phenoxy) is 1. The summed E-state index contributed by atoms with van der Waals surface area (Å²) in [5.41, 5.74) is 0. The lowest BCUT2D eigenvalue weighted by Crippen LogP contribution is -2.51. The maximum Gasteiger partial charge on any atom is 0.319 e. The number of nitrogens with zero attached hydrogens (tertiary/aromatic N) is 3. The molecule has 5 nitrogen and oxygen atoms in total. The molecule has 0 aromatic carbocycles. The van der Waals surface area contributed by atoms with Crippen LogP contribution >= 0.6 is 0 Å². The monoisotopic (exact) mass is 215 g/mol. The van der Waals surface area contributed by atoms with E-state index in [1.807, 2.05) is 11.9 Å². The van der Waals surface area contributed by atoms with Gasteiger partial charge < -0.3 is 19.4 Å². The first-order chi connectivity index (χ1) is 7.15. The zero-order valence-corrected chi connectivity index (χ0v) is 9.90. The second-order valence-corrected chi connectivity index (χ2v) is 3.99. The van der Waals surface area contributed by atoms with Crippen LogP contribution in [0.3, 0.4) is 0 Å². The second kappa shape index (κ2) is 5.92. The Kier molecular flexibility index (Phi) is 4.84. The number of carbonyl (C=O) groups is 1. The molecule has 1 rings (SSSR count). The predicted molar refractivity (Wildman–Crippen MR) is 59.0 cm³/mol. The number of piperazine rings is 1. The van der Waals surface area contributed by atoms with Crippen molar-refractivity contribution in [3.05, 3.63) is 0 Å². The van der Waals surface area contributed by atoms with E-state index in [1.54, 1.807) is 12.0 Å². The van der Waals surface area contributed by atoms with Crippen LogP contribution < -0.4 is 0 Å². The van der Waals surface area contributed by atoms with Gasteiger partial charge in [0.05, 0.1) is 6.61 Å². The summed E-state index contributed by atoms with van der Waals surface area (Å²) in [5, 5.41) is 0. The van der Waals surface area contributed by atoms with Gasteiger partial charge in [0.25, 0.3) is 0 Å². The highest BCUT2D eigenvalue weighted by atomic mass is 16.5. The molecular formula is C10H21N3O2. The molecule has 0 radical (unpaired) electrons. The minimum atomic E-state index is 0.111. The normalized spacial score (nSPS) is 17.9. The molecule has 1 saturated heterocycles. The lowest BCUT2D eigenvalue weighted by molar-refractivity contribution is 0.115. The third kappa shape index (κ3) is 3.68. The van der Waals surface area contributed by atoms with Gasteiger partial charge in [-0.3, -0.25) is 0 Å². The van der Waals surface area contributed by atoms with Crippen LogP contribution in [0.2, 0.25) is 0 Å². The number of amides is 2.